The van der Waals surface area contributed by atoms with Gasteiger partial charge in [-0.25, -0.2) is 0 Å². The van der Waals surface area contributed by atoms with Crippen LogP contribution in [0.3, 0.4) is 0 Å². The maximum absolute atomic E-state index is 10.1. The van der Waals surface area contributed by atoms with Crippen molar-refractivity contribution in [2.45, 2.75) is 11.2 Å². The molecule has 0 aromatic heterocycles. The fourth-order valence-corrected chi connectivity index (χ4v) is 1.24. The van der Waals surface area contributed by atoms with E-state index in [1.165, 1.54) is 0 Å². The minimum absolute atomic E-state index is 0.176. The lowest BCUT2D eigenvalue weighted by Crippen LogP contribution is -2.02. The summed E-state index contributed by atoms with van der Waals surface area (Å²) < 4.78 is 0. The Hall–Kier alpha value is -0.630. The van der Waals surface area contributed by atoms with Crippen LogP contribution in [0.2, 0.25) is 0 Å². The van der Waals surface area contributed by atoms with Gasteiger partial charge in [-0.2, -0.15) is 0 Å². The van der Waals surface area contributed by atoms with E-state index in [0.29, 0.717) is 6.42 Å². The zero-order valence-corrected chi connectivity index (χ0v) is 7.54. The molecule has 0 fully saturated rings. The third-order valence-electron chi connectivity index (χ3n) is 1.39. The van der Waals surface area contributed by atoms with Gasteiger partial charge >= 0.3 is 0 Å². The molecular formula is C9H8BrO. The van der Waals surface area contributed by atoms with Crippen molar-refractivity contribution < 1.29 is 4.79 Å². The van der Waals surface area contributed by atoms with Crippen LogP contribution in [0.25, 0.3) is 0 Å². The molecule has 1 nitrogen and oxygen atoms in total. The summed E-state index contributed by atoms with van der Waals surface area (Å²) >= 11 is 3.19. The van der Waals surface area contributed by atoms with Gasteiger partial charge in [0, 0.05) is 0 Å². The molecule has 0 saturated heterocycles. The molecule has 0 aliphatic carbocycles. The summed E-state index contributed by atoms with van der Waals surface area (Å²) in [5, 5.41) is 0. The molecule has 1 rings (SSSR count). The van der Waals surface area contributed by atoms with E-state index in [4.69, 9.17) is 0 Å². The second kappa shape index (κ2) is 4.29. The van der Waals surface area contributed by atoms with Gasteiger partial charge in [-0.3, -0.25) is 4.79 Å². The Kier molecular flexibility index (Phi) is 3.30. The maximum atomic E-state index is 10.1. The SMILES string of the molecule is O=[C]C(Br)Cc1ccccc1. The summed E-state index contributed by atoms with van der Waals surface area (Å²) in [6.07, 6.45) is 2.59. The Labute approximate surface area is 74.6 Å². The number of benzene rings is 1. The van der Waals surface area contributed by atoms with Gasteiger partial charge < -0.3 is 0 Å². The van der Waals surface area contributed by atoms with Gasteiger partial charge in [0.25, 0.3) is 0 Å². The van der Waals surface area contributed by atoms with Gasteiger partial charge in [0.2, 0.25) is 6.29 Å². The third-order valence-corrected chi connectivity index (χ3v) is 1.90. The smallest absolute Gasteiger partial charge is 0.213 e. The first-order valence-corrected chi connectivity index (χ1v) is 4.30. The zero-order chi connectivity index (χ0) is 8.10. The number of rotatable bonds is 3. The average Bonchev–Trinajstić information content (AvgIpc) is 2.06. The van der Waals surface area contributed by atoms with E-state index in [1.807, 2.05) is 36.6 Å². The Balaban J connectivity index is 2.57. The van der Waals surface area contributed by atoms with Crippen LogP contribution in [-0.4, -0.2) is 11.1 Å². The zero-order valence-electron chi connectivity index (χ0n) is 5.96. The molecule has 0 amide bonds. The molecule has 1 unspecified atom stereocenters. The largest absolute Gasteiger partial charge is 0.290 e. The van der Waals surface area contributed by atoms with Crippen LogP contribution in [0.15, 0.2) is 30.3 Å². The van der Waals surface area contributed by atoms with Crippen molar-refractivity contribution in [1.29, 1.82) is 0 Å². The molecule has 11 heavy (non-hydrogen) atoms. The summed E-state index contributed by atoms with van der Waals surface area (Å²) in [7, 11) is 0. The van der Waals surface area contributed by atoms with Gasteiger partial charge in [-0.1, -0.05) is 46.3 Å². The summed E-state index contributed by atoms with van der Waals surface area (Å²) in [5.74, 6) is 0. The number of carbonyl (C=O) groups excluding carboxylic acids is 1. The fraction of sp³-hybridized carbons (Fsp3) is 0.222. The molecule has 57 valence electrons. The first kappa shape index (κ1) is 8.47. The molecule has 1 aromatic carbocycles. The molecule has 0 saturated carbocycles. The number of hydrogen-bond acceptors (Lipinski definition) is 1. The lowest BCUT2D eigenvalue weighted by atomic mass is 10.1. The van der Waals surface area contributed by atoms with Gasteiger partial charge in [0.15, 0.2) is 0 Å². The standard InChI is InChI=1S/C9H8BrO/c10-9(7-11)6-8-4-2-1-3-5-8/h1-5,9H,6H2. The highest BCUT2D eigenvalue weighted by atomic mass is 79.9. The predicted octanol–water partition coefficient (Wildman–Crippen LogP) is 2.10. The van der Waals surface area contributed by atoms with Gasteiger partial charge in [-0.15, -0.1) is 0 Å². The molecule has 0 heterocycles. The lowest BCUT2D eigenvalue weighted by molar-refractivity contribution is 0.553. The van der Waals surface area contributed by atoms with Crippen molar-refractivity contribution in [2.24, 2.45) is 0 Å². The van der Waals surface area contributed by atoms with Crippen molar-refractivity contribution in [2.75, 3.05) is 0 Å². The normalized spacial score (nSPS) is 12.5. The van der Waals surface area contributed by atoms with Crippen LogP contribution in [0.5, 0.6) is 0 Å². The van der Waals surface area contributed by atoms with Crippen LogP contribution in [-0.2, 0) is 11.2 Å². The van der Waals surface area contributed by atoms with E-state index in [2.05, 4.69) is 15.9 Å². The van der Waals surface area contributed by atoms with Crippen molar-refractivity contribution in [3.05, 3.63) is 35.9 Å². The minimum atomic E-state index is -0.176. The first-order valence-electron chi connectivity index (χ1n) is 3.38. The van der Waals surface area contributed by atoms with Crippen molar-refractivity contribution in [3.8, 4) is 0 Å². The summed E-state index contributed by atoms with van der Waals surface area (Å²) in [6, 6.07) is 9.86. The molecule has 0 N–H and O–H groups in total. The van der Waals surface area contributed by atoms with Crippen LogP contribution >= 0.6 is 15.9 Å². The van der Waals surface area contributed by atoms with E-state index >= 15 is 0 Å². The highest BCUT2D eigenvalue weighted by molar-refractivity contribution is 9.09. The molecule has 0 spiro atoms. The predicted molar refractivity (Wildman–Crippen MR) is 48.6 cm³/mol. The fourth-order valence-electron chi connectivity index (χ4n) is 0.863. The minimum Gasteiger partial charge on any atom is -0.290 e. The quantitative estimate of drug-likeness (QED) is 0.701. The molecule has 1 atom stereocenters. The molecule has 1 aromatic rings. The Bertz CT molecular complexity index is 220. The number of hydrogen-bond donors (Lipinski definition) is 0. The van der Waals surface area contributed by atoms with Gasteiger partial charge in [0.1, 0.15) is 0 Å². The van der Waals surface area contributed by atoms with Crippen LogP contribution < -0.4 is 0 Å². The Morgan fingerprint density at radius 1 is 1.36 bits per heavy atom. The van der Waals surface area contributed by atoms with Crippen LogP contribution in [0, 0.1) is 0 Å². The van der Waals surface area contributed by atoms with Crippen molar-refractivity contribution in [3.63, 3.8) is 0 Å². The van der Waals surface area contributed by atoms with Gasteiger partial charge in [-0.05, 0) is 12.0 Å². The van der Waals surface area contributed by atoms with E-state index in [-0.39, 0.29) is 4.83 Å². The topological polar surface area (TPSA) is 17.1 Å². The van der Waals surface area contributed by atoms with Gasteiger partial charge in [0.05, 0.1) is 4.83 Å². The second-order valence-electron chi connectivity index (χ2n) is 2.28. The highest BCUT2D eigenvalue weighted by Crippen LogP contribution is 2.06. The maximum Gasteiger partial charge on any atom is 0.213 e. The number of halogens is 1. The van der Waals surface area contributed by atoms with E-state index in [0.717, 1.165) is 5.56 Å². The van der Waals surface area contributed by atoms with Crippen molar-refractivity contribution >= 4 is 22.2 Å². The Morgan fingerprint density at radius 3 is 2.55 bits per heavy atom. The monoisotopic (exact) mass is 211 g/mol. The summed E-state index contributed by atoms with van der Waals surface area (Å²) in [4.78, 5) is 9.96. The average molecular weight is 212 g/mol. The molecular weight excluding hydrogens is 204 g/mol. The Morgan fingerprint density at radius 2 is 2.00 bits per heavy atom. The highest BCUT2D eigenvalue weighted by Gasteiger charge is 2.02. The molecule has 2 heteroatoms. The van der Waals surface area contributed by atoms with E-state index < -0.39 is 0 Å². The molecule has 0 aliphatic rings. The molecule has 0 aliphatic heterocycles. The third kappa shape index (κ3) is 2.85. The lowest BCUT2D eigenvalue weighted by Gasteiger charge is -1.99. The summed E-state index contributed by atoms with van der Waals surface area (Å²) in [5.41, 5.74) is 1.15. The first-order chi connectivity index (χ1) is 5.33. The summed E-state index contributed by atoms with van der Waals surface area (Å²) in [6.45, 7) is 0. The van der Waals surface area contributed by atoms with E-state index in [9.17, 15) is 4.79 Å². The second-order valence-corrected chi connectivity index (χ2v) is 3.38. The van der Waals surface area contributed by atoms with Crippen LogP contribution in [0.1, 0.15) is 5.56 Å². The van der Waals surface area contributed by atoms with E-state index in [1.54, 1.807) is 0 Å². The molecule has 0 bridgehead atoms. The number of alkyl halides is 1. The van der Waals surface area contributed by atoms with Crippen molar-refractivity contribution in [1.82, 2.24) is 0 Å². The molecule has 1 radical (unpaired) electrons. The van der Waals surface area contributed by atoms with Crippen LogP contribution in [0.4, 0.5) is 0 Å².